The highest BCUT2D eigenvalue weighted by Crippen LogP contribution is 2.18. The van der Waals surface area contributed by atoms with Crippen LogP contribution in [0.2, 0.25) is 0 Å². The summed E-state index contributed by atoms with van der Waals surface area (Å²) in [5, 5.41) is 28.7. The van der Waals surface area contributed by atoms with Crippen LogP contribution in [0, 0.1) is 4.91 Å². The molecule has 318 valence electrons. The Morgan fingerprint density at radius 2 is 1.21 bits per heavy atom. The number of nitroso groups, excluding NO2 is 1. The summed E-state index contributed by atoms with van der Waals surface area (Å²) in [5.74, 6) is -9.09. The van der Waals surface area contributed by atoms with Crippen LogP contribution in [0.15, 0.2) is 39.4 Å². The Morgan fingerprint density at radius 3 is 1.74 bits per heavy atom. The summed E-state index contributed by atoms with van der Waals surface area (Å²) in [6.07, 6.45) is -0.827. The molecule has 0 aliphatic heterocycles. The number of rotatable bonds is 26. The molecule has 7 amide bonds. The van der Waals surface area contributed by atoms with Crippen LogP contribution in [0.1, 0.15) is 56.3 Å². The number of ketones is 1. The molecule has 0 aromatic heterocycles. The average molecular weight is 819 g/mol. The molecule has 1 rings (SSSR count). The molecule has 4 atom stereocenters. The van der Waals surface area contributed by atoms with E-state index in [1.807, 2.05) is 0 Å². The molecule has 1 aromatic rings. The highest BCUT2D eigenvalue weighted by atomic mass is 16.4. The molecule has 25 nitrogen and oxygen atoms in total. The third kappa shape index (κ3) is 19.4. The van der Waals surface area contributed by atoms with E-state index in [1.165, 1.54) is 38.1 Å². The number of hydrogen-bond donors (Lipinski definition) is 12. The third-order valence-corrected chi connectivity index (χ3v) is 7.60. The number of guanidine groups is 2. The van der Waals surface area contributed by atoms with Gasteiger partial charge in [0.1, 0.15) is 29.9 Å². The van der Waals surface area contributed by atoms with Crippen molar-refractivity contribution in [3.8, 4) is 0 Å². The molecule has 0 saturated heterocycles. The van der Waals surface area contributed by atoms with Crippen molar-refractivity contribution in [1.82, 2.24) is 37.2 Å². The van der Waals surface area contributed by atoms with E-state index in [-0.39, 0.29) is 75.0 Å². The zero-order chi connectivity index (χ0) is 43.8. The Labute approximate surface area is 331 Å². The predicted molar refractivity (Wildman–Crippen MR) is 206 cm³/mol. The van der Waals surface area contributed by atoms with Crippen molar-refractivity contribution in [2.75, 3.05) is 32.7 Å². The molecule has 1 aromatic carbocycles. The van der Waals surface area contributed by atoms with Crippen LogP contribution in [0.5, 0.6) is 0 Å². The topological polar surface area (TPSA) is 416 Å². The summed E-state index contributed by atoms with van der Waals surface area (Å²) in [7, 11) is 0. The number of aliphatic carboxylic acids is 1. The minimum absolute atomic E-state index is 0.00857. The summed E-state index contributed by atoms with van der Waals surface area (Å²) in [6.45, 7) is 1.59. The smallest absolute Gasteiger partial charge is 0.305 e. The van der Waals surface area contributed by atoms with E-state index in [2.05, 4.69) is 52.4 Å². The first-order chi connectivity index (χ1) is 27.4. The van der Waals surface area contributed by atoms with Crippen molar-refractivity contribution >= 4 is 70.7 Å². The fourth-order valence-corrected chi connectivity index (χ4v) is 4.77. The second-order valence-corrected chi connectivity index (χ2v) is 12.4. The molecule has 25 heteroatoms. The van der Waals surface area contributed by atoms with Gasteiger partial charge in [-0.05, 0) is 49.9 Å². The van der Waals surface area contributed by atoms with Crippen molar-refractivity contribution in [1.29, 1.82) is 0 Å². The van der Waals surface area contributed by atoms with Crippen molar-refractivity contribution in [2.24, 2.45) is 38.1 Å². The van der Waals surface area contributed by atoms with E-state index in [1.54, 1.807) is 0 Å². The molecule has 0 fully saturated rings. The van der Waals surface area contributed by atoms with Gasteiger partial charge in [0.2, 0.25) is 35.4 Å². The maximum atomic E-state index is 13.6. The number of hydrogen-bond acceptors (Lipinski definition) is 13. The molecule has 0 bridgehead atoms. The zero-order valence-electron chi connectivity index (χ0n) is 31.9. The monoisotopic (exact) mass is 818 g/mol. The maximum Gasteiger partial charge on any atom is 0.305 e. The lowest BCUT2D eigenvalue weighted by Crippen LogP contribution is -2.58. The first-order valence-electron chi connectivity index (χ1n) is 17.7. The van der Waals surface area contributed by atoms with Gasteiger partial charge in [0.15, 0.2) is 11.9 Å². The van der Waals surface area contributed by atoms with Crippen molar-refractivity contribution in [3.05, 3.63) is 34.7 Å². The van der Waals surface area contributed by atoms with E-state index in [0.717, 1.165) is 0 Å². The standard InChI is InChI=1S/C33H50N14O11/c1-17(27(53)38-13-14-39-31(57)26(52)19-7-3-4-8-20(19)47-58)43-30(56)23(15-25(50)51)46-29(55)22(10-6-12-41-33(36)37)45-28(54)21(9-5-11-40-32(34)35)44-24(49)16-42-18(2)48/h3-4,7-8,17,21-23H,5-6,9-16H2,1-2H3,(H,38,53)(H,39,57)(H,42,48)(H,43,56)(H,44,49)(H,45,54)(H,46,55)(H,50,51)(H4,34,35,40)(H4,36,37,41)/t17-,21-,22-,23-/m0/s1. The van der Waals surface area contributed by atoms with Gasteiger partial charge in [-0.3, -0.25) is 53.1 Å². The van der Waals surface area contributed by atoms with Crippen LogP contribution in [-0.4, -0.2) is 127 Å². The van der Waals surface area contributed by atoms with Gasteiger partial charge in [-0.25, -0.2) is 0 Å². The Hall–Kier alpha value is -7.21. The van der Waals surface area contributed by atoms with Gasteiger partial charge in [-0.1, -0.05) is 12.1 Å². The van der Waals surface area contributed by atoms with E-state index in [4.69, 9.17) is 22.9 Å². The second kappa shape index (κ2) is 25.8. The number of benzene rings is 1. The maximum absolute atomic E-state index is 13.6. The first kappa shape index (κ1) is 48.8. The molecular formula is C33H50N14O11. The lowest BCUT2D eigenvalue weighted by Gasteiger charge is -2.25. The summed E-state index contributed by atoms with van der Waals surface area (Å²) < 4.78 is 0. The van der Waals surface area contributed by atoms with Gasteiger partial charge >= 0.3 is 5.97 Å². The van der Waals surface area contributed by atoms with Crippen molar-refractivity contribution in [3.63, 3.8) is 0 Å². The normalized spacial score (nSPS) is 12.4. The van der Waals surface area contributed by atoms with E-state index in [0.29, 0.717) is 0 Å². The summed E-state index contributed by atoms with van der Waals surface area (Å²) in [5.41, 5.74) is 21.0. The van der Waals surface area contributed by atoms with Gasteiger partial charge in [0, 0.05) is 33.1 Å². The molecule has 16 N–H and O–H groups in total. The fourth-order valence-electron chi connectivity index (χ4n) is 4.77. The molecule has 0 heterocycles. The quantitative estimate of drug-likeness (QED) is 0.0104. The summed E-state index contributed by atoms with van der Waals surface area (Å²) in [4.78, 5) is 132. The minimum atomic E-state index is -1.76. The Kier molecular flexibility index (Phi) is 21.7. The minimum Gasteiger partial charge on any atom is -0.481 e. The van der Waals surface area contributed by atoms with Crippen molar-refractivity contribution < 1.29 is 48.3 Å². The van der Waals surface area contributed by atoms with Crippen LogP contribution in [0.4, 0.5) is 5.69 Å². The molecule has 58 heavy (non-hydrogen) atoms. The number of carbonyl (C=O) groups excluding carboxylic acids is 8. The Morgan fingerprint density at radius 1 is 0.690 bits per heavy atom. The fraction of sp³-hybridized carbons (Fsp3) is 0.485. The third-order valence-electron chi connectivity index (χ3n) is 7.60. The van der Waals surface area contributed by atoms with E-state index in [9.17, 15) is 53.2 Å². The van der Waals surface area contributed by atoms with Gasteiger partial charge in [-0.15, -0.1) is 4.91 Å². The van der Waals surface area contributed by atoms with Crippen LogP contribution in [0.25, 0.3) is 0 Å². The lowest BCUT2D eigenvalue weighted by molar-refractivity contribution is -0.141. The van der Waals surface area contributed by atoms with Gasteiger partial charge in [0.25, 0.3) is 11.7 Å². The van der Waals surface area contributed by atoms with Crippen molar-refractivity contribution in [2.45, 2.75) is 70.1 Å². The molecule has 0 aliphatic rings. The SMILES string of the molecule is CC(=O)NCC(=O)N[C@@H](CCCN=C(N)N)C(=O)N[C@@H](CCCN=C(N)N)C(=O)N[C@@H](CC(=O)O)C(=O)N[C@@H](C)C(=O)NCCNC(=O)C(=O)c1ccccc1N=O. The van der Waals surface area contributed by atoms with Crippen LogP contribution in [-0.2, 0) is 38.4 Å². The number of carbonyl (C=O) groups is 9. The molecule has 0 aliphatic carbocycles. The number of amides is 7. The molecule has 0 unspecified atom stereocenters. The number of aliphatic imine (C=N–C) groups is 2. The molecular weight excluding hydrogens is 768 g/mol. The number of nitrogens with zero attached hydrogens (tertiary/aromatic N) is 3. The highest BCUT2D eigenvalue weighted by molar-refractivity contribution is 6.43. The molecule has 0 radical (unpaired) electrons. The van der Waals surface area contributed by atoms with Gasteiger partial charge in [0.05, 0.1) is 18.5 Å². The molecule has 0 spiro atoms. The Balaban J connectivity index is 3.04. The Bertz CT molecular complexity index is 1730. The number of nitrogens with two attached hydrogens (primary N) is 4. The highest BCUT2D eigenvalue weighted by Gasteiger charge is 2.32. The summed E-state index contributed by atoms with van der Waals surface area (Å²) in [6, 6.07) is -0.396. The number of carboxylic acids is 1. The van der Waals surface area contributed by atoms with Crippen LogP contribution >= 0.6 is 0 Å². The van der Waals surface area contributed by atoms with E-state index < -0.39 is 90.2 Å². The average Bonchev–Trinajstić information content (AvgIpc) is 3.16. The van der Waals surface area contributed by atoms with Crippen LogP contribution < -0.4 is 60.2 Å². The second-order valence-electron chi connectivity index (χ2n) is 12.4. The predicted octanol–water partition coefficient (Wildman–Crippen LogP) is -4.82. The zero-order valence-corrected chi connectivity index (χ0v) is 31.9. The van der Waals surface area contributed by atoms with Gasteiger partial charge < -0.3 is 65.3 Å². The summed E-state index contributed by atoms with van der Waals surface area (Å²) >= 11 is 0. The van der Waals surface area contributed by atoms with Crippen LogP contribution in [0.3, 0.4) is 0 Å². The number of carboxylic acid groups (broad SMARTS) is 1. The number of nitrogens with one attached hydrogen (secondary N) is 7. The van der Waals surface area contributed by atoms with Gasteiger partial charge in [-0.2, -0.15) is 0 Å². The molecule has 0 saturated carbocycles. The number of Topliss-reactive ketones (excluding diaryl/α,β-unsaturated/α-hetero) is 1. The largest absolute Gasteiger partial charge is 0.481 e. The lowest BCUT2D eigenvalue weighted by atomic mass is 10.1. The first-order valence-corrected chi connectivity index (χ1v) is 17.7. The van der Waals surface area contributed by atoms with E-state index >= 15 is 0 Å².